The Bertz CT molecular complexity index is 458. The second kappa shape index (κ2) is 13.8. The molecular weight excluding hydrogens is 443 g/mol. The number of hydrogen-bond acceptors (Lipinski definition) is 3. The zero-order valence-electron chi connectivity index (χ0n) is 15.8. The first-order valence-electron chi connectivity index (χ1n) is 9.60. The van der Waals surface area contributed by atoms with Gasteiger partial charge in [0.2, 0.25) is 0 Å². The van der Waals surface area contributed by atoms with Crippen LogP contribution in [0.4, 0.5) is 0 Å². The van der Waals surface area contributed by atoms with Crippen molar-refractivity contribution in [2.75, 3.05) is 32.7 Å². The first-order chi connectivity index (χ1) is 11.8. The van der Waals surface area contributed by atoms with Gasteiger partial charge in [0.1, 0.15) is 0 Å². The maximum Gasteiger partial charge on any atom is 0.191 e. The molecule has 4 nitrogen and oxygen atoms in total. The first kappa shape index (κ1) is 22.7. The smallest absolute Gasteiger partial charge is 0.191 e. The van der Waals surface area contributed by atoms with Crippen LogP contribution in [-0.4, -0.2) is 43.6 Å². The molecule has 25 heavy (non-hydrogen) atoms. The average Bonchev–Trinajstić information content (AvgIpc) is 3.13. The molecular formula is C19H35IN4S. The van der Waals surface area contributed by atoms with Crippen molar-refractivity contribution >= 4 is 41.3 Å². The maximum atomic E-state index is 4.73. The fourth-order valence-corrected chi connectivity index (χ4v) is 3.87. The molecule has 1 aliphatic heterocycles. The van der Waals surface area contributed by atoms with Crippen molar-refractivity contribution in [2.45, 2.75) is 58.4 Å². The third-order valence-electron chi connectivity index (χ3n) is 4.52. The Morgan fingerprint density at radius 1 is 1.24 bits per heavy atom. The van der Waals surface area contributed by atoms with Crippen molar-refractivity contribution in [3.8, 4) is 0 Å². The monoisotopic (exact) mass is 478 g/mol. The van der Waals surface area contributed by atoms with Gasteiger partial charge < -0.3 is 15.5 Å². The topological polar surface area (TPSA) is 39.7 Å². The highest BCUT2D eigenvalue weighted by atomic mass is 127. The van der Waals surface area contributed by atoms with E-state index in [2.05, 4.69) is 46.9 Å². The Morgan fingerprint density at radius 3 is 2.72 bits per heavy atom. The molecule has 1 unspecified atom stereocenters. The molecule has 0 aliphatic carbocycles. The van der Waals surface area contributed by atoms with Gasteiger partial charge in [0.15, 0.2) is 5.96 Å². The summed E-state index contributed by atoms with van der Waals surface area (Å²) in [6.07, 6.45) is 7.98. The number of likely N-dealkylation sites (tertiary alicyclic amines) is 1. The zero-order valence-corrected chi connectivity index (χ0v) is 18.9. The van der Waals surface area contributed by atoms with Gasteiger partial charge >= 0.3 is 0 Å². The zero-order chi connectivity index (χ0) is 17.0. The summed E-state index contributed by atoms with van der Waals surface area (Å²) in [6, 6.07) is 4.58. The van der Waals surface area contributed by atoms with E-state index in [-0.39, 0.29) is 24.0 Å². The minimum atomic E-state index is 0. The SMILES string of the molecule is CCNC(=NCCCCCN1CCCCC1)NC(C)c1cccs1.I. The van der Waals surface area contributed by atoms with Gasteiger partial charge in [-0.15, -0.1) is 35.3 Å². The molecule has 6 heteroatoms. The van der Waals surface area contributed by atoms with Crippen molar-refractivity contribution in [3.63, 3.8) is 0 Å². The van der Waals surface area contributed by atoms with Crippen LogP contribution in [-0.2, 0) is 0 Å². The minimum absolute atomic E-state index is 0. The number of unbranched alkanes of at least 4 members (excludes halogenated alkanes) is 2. The number of nitrogens with zero attached hydrogens (tertiary/aromatic N) is 2. The van der Waals surface area contributed by atoms with Crippen LogP contribution < -0.4 is 10.6 Å². The third kappa shape index (κ3) is 9.24. The van der Waals surface area contributed by atoms with Crippen molar-refractivity contribution < 1.29 is 0 Å². The molecule has 0 aromatic carbocycles. The molecule has 1 fully saturated rings. The van der Waals surface area contributed by atoms with Gasteiger partial charge in [-0.1, -0.05) is 18.9 Å². The first-order valence-corrected chi connectivity index (χ1v) is 10.5. The largest absolute Gasteiger partial charge is 0.357 e. The number of thiophene rings is 1. The van der Waals surface area contributed by atoms with Crippen LogP contribution in [0.5, 0.6) is 0 Å². The summed E-state index contributed by atoms with van der Waals surface area (Å²) < 4.78 is 0. The molecule has 1 saturated heterocycles. The molecule has 1 aromatic rings. The van der Waals surface area contributed by atoms with Crippen molar-refractivity contribution in [1.29, 1.82) is 0 Å². The number of piperidine rings is 1. The van der Waals surface area contributed by atoms with E-state index in [1.54, 1.807) is 11.3 Å². The Labute approximate surface area is 174 Å². The minimum Gasteiger partial charge on any atom is -0.357 e. The van der Waals surface area contributed by atoms with Crippen LogP contribution in [0.1, 0.15) is 63.3 Å². The third-order valence-corrected chi connectivity index (χ3v) is 5.57. The molecule has 0 bridgehead atoms. The Hall–Kier alpha value is -0.340. The van der Waals surface area contributed by atoms with Gasteiger partial charge in [0, 0.05) is 18.0 Å². The van der Waals surface area contributed by atoms with E-state index < -0.39 is 0 Å². The predicted octanol–water partition coefficient (Wildman–Crippen LogP) is 4.64. The highest BCUT2D eigenvalue weighted by molar-refractivity contribution is 14.0. The second-order valence-electron chi connectivity index (χ2n) is 6.61. The van der Waals surface area contributed by atoms with Gasteiger partial charge in [0.05, 0.1) is 6.04 Å². The van der Waals surface area contributed by atoms with Gasteiger partial charge in [-0.2, -0.15) is 0 Å². The quantitative estimate of drug-likeness (QED) is 0.235. The molecule has 2 heterocycles. The summed E-state index contributed by atoms with van der Waals surface area (Å²) >= 11 is 1.79. The molecule has 0 radical (unpaired) electrons. The number of halogens is 1. The fourth-order valence-electron chi connectivity index (χ4n) is 3.13. The number of rotatable bonds is 9. The normalized spacial score (nSPS) is 17.0. The van der Waals surface area contributed by atoms with E-state index in [9.17, 15) is 0 Å². The summed E-state index contributed by atoms with van der Waals surface area (Å²) in [5.41, 5.74) is 0. The average molecular weight is 478 g/mol. The van der Waals surface area contributed by atoms with Gasteiger partial charge in [-0.05, 0) is 70.6 Å². The van der Waals surface area contributed by atoms with Crippen LogP contribution in [0.3, 0.4) is 0 Å². The standard InChI is InChI=1S/C19H34N4S.HI/c1-3-20-19(22-17(2)18-11-10-16-24-18)21-12-6-4-7-13-23-14-8-5-9-15-23;/h10-11,16-17H,3-9,12-15H2,1-2H3,(H2,20,21,22);1H. The predicted molar refractivity (Wildman–Crippen MR) is 121 cm³/mol. The molecule has 1 aromatic heterocycles. The fraction of sp³-hybridized carbons (Fsp3) is 0.737. The molecule has 2 rings (SSSR count). The molecule has 1 atom stereocenters. The Morgan fingerprint density at radius 2 is 2.04 bits per heavy atom. The number of guanidine groups is 1. The summed E-state index contributed by atoms with van der Waals surface area (Å²) in [7, 11) is 0. The summed E-state index contributed by atoms with van der Waals surface area (Å²) in [5, 5.41) is 8.98. The highest BCUT2D eigenvalue weighted by Crippen LogP contribution is 2.17. The van der Waals surface area contributed by atoms with Crippen LogP contribution in [0.15, 0.2) is 22.5 Å². The summed E-state index contributed by atoms with van der Waals surface area (Å²) in [6.45, 7) is 10.0. The number of nitrogens with one attached hydrogen (secondary N) is 2. The lowest BCUT2D eigenvalue weighted by molar-refractivity contribution is 0.224. The van der Waals surface area contributed by atoms with E-state index in [4.69, 9.17) is 4.99 Å². The van der Waals surface area contributed by atoms with Gasteiger partial charge in [-0.3, -0.25) is 4.99 Å². The lowest BCUT2D eigenvalue weighted by Crippen LogP contribution is -2.38. The van der Waals surface area contributed by atoms with Crippen LogP contribution in [0.2, 0.25) is 0 Å². The van der Waals surface area contributed by atoms with E-state index in [0.717, 1.165) is 19.0 Å². The van der Waals surface area contributed by atoms with Crippen molar-refractivity contribution in [2.24, 2.45) is 4.99 Å². The van der Waals surface area contributed by atoms with Crippen LogP contribution in [0, 0.1) is 0 Å². The van der Waals surface area contributed by atoms with Crippen molar-refractivity contribution in [3.05, 3.63) is 22.4 Å². The lowest BCUT2D eigenvalue weighted by atomic mass is 10.1. The molecule has 0 amide bonds. The maximum absolute atomic E-state index is 4.73. The van der Waals surface area contributed by atoms with E-state index in [0.29, 0.717) is 6.04 Å². The number of aliphatic imine (C=N–C) groups is 1. The highest BCUT2D eigenvalue weighted by Gasteiger charge is 2.09. The van der Waals surface area contributed by atoms with Gasteiger partial charge in [0.25, 0.3) is 0 Å². The Kier molecular flexibility index (Phi) is 12.5. The van der Waals surface area contributed by atoms with Crippen LogP contribution in [0.25, 0.3) is 0 Å². The molecule has 2 N–H and O–H groups in total. The molecule has 1 aliphatic rings. The van der Waals surface area contributed by atoms with Gasteiger partial charge in [-0.25, -0.2) is 0 Å². The van der Waals surface area contributed by atoms with E-state index >= 15 is 0 Å². The second-order valence-corrected chi connectivity index (χ2v) is 7.58. The lowest BCUT2D eigenvalue weighted by Gasteiger charge is -2.26. The molecule has 144 valence electrons. The number of hydrogen-bond donors (Lipinski definition) is 2. The summed E-state index contributed by atoms with van der Waals surface area (Å²) in [4.78, 5) is 8.71. The molecule has 0 spiro atoms. The Balaban J connectivity index is 0.00000312. The van der Waals surface area contributed by atoms with Crippen LogP contribution >= 0.6 is 35.3 Å². The molecule has 0 saturated carbocycles. The van der Waals surface area contributed by atoms with E-state index in [1.807, 2.05) is 0 Å². The van der Waals surface area contributed by atoms with Crippen molar-refractivity contribution in [1.82, 2.24) is 15.5 Å². The summed E-state index contributed by atoms with van der Waals surface area (Å²) in [5.74, 6) is 0.939. The van der Waals surface area contributed by atoms with E-state index in [1.165, 1.54) is 63.0 Å².